The quantitative estimate of drug-likeness (QED) is 0.574. The molecule has 0 atom stereocenters. The lowest BCUT2D eigenvalue weighted by atomic mass is 9.87. The molecular formula is C17H31N. The van der Waals surface area contributed by atoms with Crippen LogP contribution in [0.2, 0.25) is 0 Å². The Balaban J connectivity index is 2.16. The zero-order chi connectivity index (χ0) is 13.8. The van der Waals surface area contributed by atoms with E-state index >= 15 is 0 Å². The van der Waals surface area contributed by atoms with Gasteiger partial charge in [0.2, 0.25) is 0 Å². The summed E-state index contributed by atoms with van der Waals surface area (Å²) < 4.78 is 0. The minimum Gasteiger partial charge on any atom is -0.375 e. The van der Waals surface area contributed by atoms with Crippen molar-refractivity contribution >= 4 is 0 Å². The summed E-state index contributed by atoms with van der Waals surface area (Å²) in [6.45, 7) is 19.9. The fraction of sp³-hybridized carbons (Fsp3) is 0.765. The second-order valence-electron chi connectivity index (χ2n) is 7.11. The molecule has 1 saturated heterocycles. The van der Waals surface area contributed by atoms with Crippen LogP contribution in [0.15, 0.2) is 24.4 Å². The summed E-state index contributed by atoms with van der Waals surface area (Å²) in [6, 6.07) is 0. The summed E-state index contributed by atoms with van der Waals surface area (Å²) in [5, 5.41) is 0. The highest BCUT2D eigenvalue weighted by Gasteiger charge is 2.28. The first kappa shape index (κ1) is 15.3. The molecule has 1 aliphatic heterocycles. The SMILES string of the molecule is C=C(CCC)CCC1CN(C(=C)CC(C)(C)C)C1. The highest BCUT2D eigenvalue weighted by molar-refractivity contribution is 5.03. The minimum absolute atomic E-state index is 0.359. The molecule has 1 heterocycles. The van der Waals surface area contributed by atoms with Gasteiger partial charge in [0.05, 0.1) is 0 Å². The van der Waals surface area contributed by atoms with E-state index in [1.54, 1.807) is 0 Å². The summed E-state index contributed by atoms with van der Waals surface area (Å²) in [6.07, 6.45) is 6.09. The predicted octanol–water partition coefficient (Wildman–Crippen LogP) is 5.00. The van der Waals surface area contributed by atoms with Crippen LogP contribution in [-0.4, -0.2) is 18.0 Å². The molecule has 0 aromatic rings. The molecule has 0 N–H and O–H groups in total. The molecule has 18 heavy (non-hydrogen) atoms. The van der Waals surface area contributed by atoms with E-state index in [-0.39, 0.29) is 0 Å². The van der Waals surface area contributed by atoms with Crippen molar-refractivity contribution in [3.05, 3.63) is 24.4 Å². The summed E-state index contributed by atoms with van der Waals surface area (Å²) in [5.74, 6) is 0.871. The Kier molecular flexibility index (Phi) is 5.49. The van der Waals surface area contributed by atoms with Crippen molar-refractivity contribution in [2.45, 2.75) is 59.8 Å². The first-order valence-corrected chi connectivity index (χ1v) is 7.41. The number of nitrogens with zero attached hydrogens (tertiary/aromatic N) is 1. The molecule has 0 aromatic heterocycles. The molecule has 0 radical (unpaired) electrons. The van der Waals surface area contributed by atoms with Gasteiger partial charge < -0.3 is 4.90 Å². The van der Waals surface area contributed by atoms with E-state index in [1.165, 1.54) is 50.0 Å². The molecule has 104 valence electrons. The van der Waals surface area contributed by atoms with Crippen molar-refractivity contribution in [1.82, 2.24) is 4.90 Å². The Labute approximate surface area is 114 Å². The minimum atomic E-state index is 0.359. The lowest BCUT2D eigenvalue weighted by Crippen LogP contribution is -2.46. The van der Waals surface area contributed by atoms with Gasteiger partial charge in [-0.3, -0.25) is 0 Å². The van der Waals surface area contributed by atoms with Gasteiger partial charge >= 0.3 is 0 Å². The average Bonchev–Trinajstić information content (AvgIpc) is 2.12. The second-order valence-corrected chi connectivity index (χ2v) is 7.11. The Morgan fingerprint density at radius 2 is 1.78 bits per heavy atom. The van der Waals surface area contributed by atoms with Crippen LogP contribution in [0.25, 0.3) is 0 Å². The van der Waals surface area contributed by atoms with Crippen molar-refractivity contribution in [3.8, 4) is 0 Å². The number of hydrogen-bond donors (Lipinski definition) is 0. The van der Waals surface area contributed by atoms with Crippen LogP contribution in [0.5, 0.6) is 0 Å². The summed E-state index contributed by atoms with van der Waals surface area (Å²) >= 11 is 0. The number of hydrogen-bond acceptors (Lipinski definition) is 1. The van der Waals surface area contributed by atoms with Gasteiger partial charge in [-0.1, -0.05) is 52.8 Å². The van der Waals surface area contributed by atoms with Crippen LogP contribution in [0, 0.1) is 11.3 Å². The molecule has 0 aromatic carbocycles. The van der Waals surface area contributed by atoms with Gasteiger partial charge in [-0.15, -0.1) is 0 Å². The molecule has 1 aliphatic rings. The van der Waals surface area contributed by atoms with Crippen LogP contribution in [0.3, 0.4) is 0 Å². The van der Waals surface area contributed by atoms with E-state index in [2.05, 4.69) is 45.8 Å². The highest BCUT2D eigenvalue weighted by Crippen LogP contribution is 2.31. The van der Waals surface area contributed by atoms with Crippen molar-refractivity contribution in [2.75, 3.05) is 13.1 Å². The van der Waals surface area contributed by atoms with E-state index < -0.39 is 0 Å². The Hall–Kier alpha value is -0.720. The maximum atomic E-state index is 4.23. The average molecular weight is 249 g/mol. The summed E-state index contributed by atoms with van der Waals surface area (Å²) in [4.78, 5) is 2.46. The first-order valence-electron chi connectivity index (χ1n) is 7.41. The monoisotopic (exact) mass is 249 g/mol. The molecule has 0 amide bonds. The first-order chi connectivity index (χ1) is 8.31. The van der Waals surface area contributed by atoms with Crippen molar-refractivity contribution in [1.29, 1.82) is 0 Å². The largest absolute Gasteiger partial charge is 0.375 e. The van der Waals surface area contributed by atoms with Crippen molar-refractivity contribution in [2.24, 2.45) is 11.3 Å². The van der Waals surface area contributed by atoms with Gasteiger partial charge in [0.25, 0.3) is 0 Å². The molecule has 1 nitrogen and oxygen atoms in total. The van der Waals surface area contributed by atoms with Gasteiger partial charge in [-0.25, -0.2) is 0 Å². The Bertz CT molecular complexity index is 289. The van der Waals surface area contributed by atoms with Crippen LogP contribution in [0.4, 0.5) is 0 Å². The third kappa shape index (κ3) is 5.29. The van der Waals surface area contributed by atoms with E-state index in [0.717, 1.165) is 12.3 Å². The molecule has 0 aliphatic carbocycles. The lowest BCUT2D eigenvalue weighted by molar-refractivity contribution is 0.122. The zero-order valence-electron chi connectivity index (χ0n) is 12.9. The number of rotatable bonds is 7. The van der Waals surface area contributed by atoms with E-state index in [4.69, 9.17) is 0 Å². The second kappa shape index (κ2) is 6.45. The van der Waals surface area contributed by atoms with Crippen molar-refractivity contribution < 1.29 is 0 Å². The summed E-state index contributed by atoms with van der Waals surface area (Å²) in [7, 11) is 0. The van der Waals surface area contributed by atoms with E-state index in [9.17, 15) is 0 Å². The fourth-order valence-corrected chi connectivity index (χ4v) is 2.62. The number of likely N-dealkylation sites (tertiary alicyclic amines) is 1. The molecule has 0 unspecified atom stereocenters. The number of allylic oxidation sites excluding steroid dienone is 2. The van der Waals surface area contributed by atoms with Gasteiger partial charge in [0.15, 0.2) is 0 Å². The smallest absolute Gasteiger partial charge is 0.0220 e. The molecule has 1 heteroatoms. The highest BCUT2D eigenvalue weighted by atomic mass is 15.2. The Morgan fingerprint density at radius 1 is 1.17 bits per heavy atom. The summed E-state index contributed by atoms with van der Waals surface area (Å²) in [5.41, 5.74) is 3.12. The molecule has 0 bridgehead atoms. The topological polar surface area (TPSA) is 3.24 Å². The maximum Gasteiger partial charge on any atom is 0.0220 e. The maximum absolute atomic E-state index is 4.23. The van der Waals surface area contributed by atoms with Gasteiger partial charge in [0, 0.05) is 18.8 Å². The standard InChI is InChI=1S/C17H31N/c1-7-8-14(2)9-10-16-12-18(13-16)15(3)11-17(4,5)6/h16H,2-3,7-13H2,1,4-6H3. The molecular weight excluding hydrogens is 218 g/mol. The molecule has 1 fully saturated rings. The molecule has 1 rings (SSSR count). The van der Waals surface area contributed by atoms with Gasteiger partial charge in [-0.05, 0) is 37.0 Å². The fourth-order valence-electron chi connectivity index (χ4n) is 2.62. The van der Waals surface area contributed by atoms with Gasteiger partial charge in [-0.2, -0.15) is 0 Å². The lowest BCUT2D eigenvalue weighted by Gasteiger charge is -2.43. The van der Waals surface area contributed by atoms with Crippen LogP contribution in [-0.2, 0) is 0 Å². The van der Waals surface area contributed by atoms with Crippen LogP contribution < -0.4 is 0 Å². The predicted molar refractivity (Wildman–Crippen MR) is 81.6 cm³/mol. The third-order valence-corrected chi connectivity index (χ3v) is 3.65. The Morgan fingerprint density at radius 3 is 2.28 bits per heavy atom. The van der Waals surface area contributed by atoms with Crippen molar-refractivity contribution in [3.63, 3.8) is 0 Å². The third-order valence-electron chi connectivity index (χ3n) is 3.65. The zero-order valence-corrected chi connectivity index (χ0v) is 12.9. The molecule has 0 saturated carbocycles. The van der Waals surface area contributed by atoms with Crippen LogP contribution >= 0.6 is 0 Å². The van der Waals surface area contributed by atoms with E-state index in [1.807, 2.05) is 0 Å². The van der Waals surface area contributed by atoms with Gasteiger partial charge in [0.1, 0.15) is 0 Å². The van der Waals surface area contributed by atoms with Crippen LogP contribution in [0.1, 0.15) is 59.8 Å². The normalized spacial score (nSPS) is 16.6. The van der Waals surface area contributed by atoms with E-state index in [0.29, 0.717) is 5.41 Å². The molecule has 0 spiro atoms.